The predicted molar refractivity (Wildman–Crippen MR) is 90.8 cm³/mol. The van der Waals surface area contributed by atoms with Gasteiger partial charge in [0.15, 0.2) is 0 Å². The first kappa shape index (κ1) is 18.0. The van der Waals surface area contributed by atoms with Crippen LogP contribution in [0.3, 0.4) is 0 Å². The van der Waals surface area contributed by atoms with Gasteiger partial charge in [-0.2, -0.15) is 4.31 Å². The smallest absolute Gasteiger partial charge is 0.243 e. The highest BCUT2D eigenvalue weighted by atomic mass is 32.2. The number of nitrogens with zero attached hydrogens (tertiary/aromatic N) is 1. The van der Waals surface area contributed by atoms with Crippen molar-refractivity contribution in [2.24, 2.45) is 5.73 Å². The van der Waals surface area contributed by atoms with E-state index >= 15 is 0 Å². The molecular formula is C17H20N2O4S. The van der Waals surface area contributed by atoms with Crippen LogP contribution in [0.5, 0.6) is 5.75 Å². The number of primary amides is 1. The third-order valence-corrected chi connectivity index (χ3v) is 5.37. The van der Waals surface area contributed by atoms with Crippen molar-refractivity contribution in [3.8, 4) is 5.75 Å². The highest BCUT2D eigenvalue weighted by Gasteiger charge is 2.25. The number of hydrogen-bond acceptors (Lipinski definition) is 4. The Morgan fingerprint density at radius 2 is 1.71 bits per heavy atom. The van der Waals surface area contributed by atoms with E-state index in [1.165, 1.54) is 23.5 Å². The standard InChI is InChI=1S/C17H20N2O4S/c1-23-15-7-9-16(10-8-15)24(21,22)19(12-11-17(18)20)13-14-5-3-2-4-6-14/h2-10H,11-13H2,1H3,(H2,18,20). The molecule has 2 aromatic rings. The van der Waals surface area contributed by atoms with Crippen LogP contribution in [-0.2, 0) is 21.4 Å². The molecule has 0 spiro atoms. The average Bonchev–Trinajstić information content (AvgIpc) is 2.59. The number of rotatable bonds is 8. The molecule has 0 aliphatic rings. The van der Waals surface area contributed by atoms with Crippen molar-refractivity contribution in [3.63, 3.8) is 0 Å². The fraction of sp³-hybridized carbons (Fsp3) is 0.235. The van der Waals surface area contributed by atoms with Crippen LogP contribution in [-0.4, -0.2) is 32.3 Å². The van der Waals surface area contributed by atoms with Crippen LogP contribution in [0.25, 0.3) is 0 Å². The highest BCUT2D eigenvalue weighted by molar-refractivity contribution is 7.89. The molecule has 0 fully saturated rings. The Bertz CT molecular complexity index is 774. The first-order chi connectivity index (χ1) is 11.4. The molecular weight excluding hydrogens is 328 g/mol. The Morgan fingerprint density at radius 1 is 1.08 bits per heavy atom. The van der Waals surface area contributed by atoms with E-state index in [-0.39, 0.29) is 24.4 Å². The molecule has 0 bridgehead atoms. The van der Waals surface area contributed by atoms with Gasteiger partial charge in [-0.25, -0.2) is 8.42 Å². The first-order valence-electron chi connectivity index (χ1n) is 7.40. The zero-order chi connectivity index (χ0) is 17.6. The van der Waals surface area contributed by atoms with Crippen LogP contribution in [0.1, 0.15) is 12.0 Å². The summed E-state index contributed by atoms with van der Waals surface area (Å²) in [4.78, 5) is 11.2. The fourth-order valence-corrected chi connectivity index (χ4v) is 3.63. The van der Waals surface area contributed by atoms with E-state index in [0.29, 0.717) is 5.75 Å². The average molecular weight is 348 g/mol. The minimum atomic E-state index is -3.75. The van der Waals surface area contributed by atoms with Crippen molar-refractivity contribution >= 4 is 15.9 Å². The quantitative estimate of drug-likeness (QED) is 0.787. The molecule has 7 heteroatoms. The zero-order valence-corrected chi connectivity index (χ0v) is 14.2. The monoisotopic (exact) mass is 348 g/mol. The summed E-state index contributed by atoms with van der Waals surface area (Å²) in [5.74, 6) is 0.0266. The second-order valence-electron chi connectivity index (χ2n) is 5.22. The Balaban J connectivity index is 2.30. The van der Waals surface area contributed by atoms with Gasteiger partial charge in [0.25, 0.3) is 0 Å². The van der Waals surface area contributed by atoms with Gasteiger partial charge < -0.3 is 10.5 Å². The molecule has 24 heavy (non-hydrogen) atoms. The van der Waals surface area contributed by atoms with Crippen molar-refractivity contribution < 1.29 is 17.9 Å². The molecule has 2 N–H and O–H groups in total. The number of hydrogen-bond donors (Lipinski definition) is 1. The Kier molecular flexibility index (Phi) is 5.94. The SMILES string of the molecule is COc1ccc(S(=O)(=O)N(CCC(N)=O)Cc2ccccc2)cc1. The summed E-state index contributed by atoms with van der Waals surface area (Å²) in [7, 11) is -2.24. The van der Waals surface area contributed by atoms with E-state index in [0.717, 1.165) is 5.56 Å². The fourth-order valence-electron chi connectivity index (χ4n) is 2.20. The number of benzene rings is 2. The van der Waals surface area contributed by atoms with Crippen molar-refractivity contribution in [3.05, 3.63) is 60.2 Å². The first-order valence-corrected chi connectivity index (χ1v) is 8.84. The van der Waals surface area contributed by atoms with E-state index < -0.39 is 15.9 Å². The van der Waals surface area contributed by atoms with E-state index in [4.69, 9.17) is 10.5 Å². The van der Waals surface area contributed by atoms with E-state index in [9.17, 15) is 13.2 Å². The molecule has 0 aliphatic heterocycles. The molecule has 0 saturated heterocycles. The summed E-state index contributed by atoms with van der Waals surface area (Å²) in [5.41, 5.74) is 6.01. The lowest BCUT2D eigenvalue weighted by atomic mass is 10.2. The van der Waals surface area contributed by atoms with E-state index in [2.05, 4.69) is 0 Å². The topological polar surface area (TPSA) is 89.7 Å². The van der Waals surface area contributed by atoms with E-state index in [1.54, 1.807) is 12.1 Å². The number of carbonyl (C=O) groups is 1. The summed E-state index contributed by atoms with van der Waals surface area (Å²) >= 11 is 0. The van der Waals surface area contributed by atoms with Gasteiger partial charge in [-0.3, -0.25) is 4.79 Å². The second kappa shape index (κ2) is 7.94. The van der Waals surface area contributed by atoms with Crippen LogP contribution >= 0.6 is 0 Å². The van der Waals surface area contributed by atoms with Crippen molar-refractivity contribution in [1.82, 2.24) is 4.31 Å². The molecule has 2 rings (SSSR count). The number of nitrogens with two attached hydrogens (primary N) is 1. The normalized spacial score (nSPS) is 11.4. The van der Waals surface area contributed by atoms with Crippen molar-refractivity contribution in [2.75, 3.05) is 13.7 Å². The maximum Gasteiger partial charge on any atom is 0.243 e. The summed E-state index contributed by atoms with van der Waals surface area (Å²) in [6, 6.07) is 15.3. The summed E-state index contributed by atoms with van der Waals surface area (Å²) in [5, 5.41) is 0. The number of amides is 1. The van der Waals surface area contributed by atoms with Crippen LogP contribution < -0.4 is 10.5 Å². The maximum atomic E-state index is 12.9. The van der Waals surface area contributed by atoms with Crippen LogP contribution in [0.15, 0.2) is 59.5 Å². The molecule has 0 saturated carbocycles. The number of carbonyl (C=O) groups excluding carboxylic acids is 1. The molecule has 0 aromatic heterocycles. The van der Waals surface area contributed by atoms with Gasteiger partial charge in [-0.15, -0.1) is 0 Å². The maximum absolute atomic E-state index is 12.9. The van der Waals surface area contributed by atoms with Gasteiger partial charge in [-0.1, -0.05) is 30.3 Å². The summed E-state index contributed by atoms with van der Waals surface area (Å²) in [6.07, 6.45) is -0.0395. The minimum absolute atomic E-state index is 0.0264. The van der Waals surface area contributed by atoms with Crippen LogP contribution in [0, 0.1) is 0 Å². The summed E-state index contributed by atoms with van der Waals surface area (Å²) < 4.78 is 32.1. The van der Waals surface area contributed by atoms with Crippen molar-refractivity contribution in [2.45, 2.75) is 17.9 Å². The number of sulfonamides is 1. The minimum Gasteiger partial charge on any atom is -0.497 e. The zero-order valence-electron chi connectivity index (χ0n) is 13.4. The highest BCUT2D eigenvalue weighted by Crippen LogP contribution is 2.21. The molecule has 2 aromatic carbocycles. The third-order valence-electron chi connectivity index (χ3n) is 3.51. The van der Waals surface area contributed by atoms with E-state index in [1.807, 2.05) is 30.3 Å². The Labute approximate surface area is 141 Å². The largest absolute Gasteiger partial charge is 0.497 e. The van der Waals surface area contributed by atoms with Crippen molar-refractivity contribution in [1.29, 1.82) is 0 Å². The van der Waals surface area contributed by atoms with Gasteiger partial charge >= 0.3 is 0 Å². The lowest BCUT2D eigenvalue weighted by molar-refractivity contribution is -0.118. The van der Waals surface area contributed by atoms with Crippen LogP contribution in [0.4, 0.5) is 0 Å². The molecule has 6 nitrogen and oxygen atoms in total. The molecule has 0 atom stereocenters. The van der Waals surface area contributed by atoms with Gasteiger partial charge in [0, 0.05) is 19.5 Å². The molecule has 0 radical (unpaired) electrons. The molecule has 0 aliphatic carbocycles. The van der Waals surface area contributed by atoms with Gasteiger partial charge in [0.05, 0.1) is 12.0 Å². The van der Waals surface area contributed by atoms with Gasteiger partial charge in [0.2, 0.25) is 15.9 Å². The number of ether oxygens (including phenoxy) is 1. The summed E-state index contributed by atoms with van der Waals surface area (Å²) in [6.45, 7) is 0.196. The van der Waals surface area contributed by atoms with Gasteiger partial charge in [0.1, 0.15) is 5.75 Å². The molecule has 0 heterocycles. The lowest BCUT2D eigenvalue weighted by Crippen LogP contribution is -2.33. The Morgan fingerprint density at radius 3 is 2.25 bits per heavy atom. The molecule has 128 valence electrons. The molecule has 1 amide bonds. The number of methoxy groups -OCH3 is 1. The third kappa shape index (κ3) is 4.56. The molecule has 0 unspecified atom stereocenters. The second-order valence-corrected chi connectivity index (χ2v) is 7.15. The Hall–Kier alpha value is -2.38. The predicted octanol–water partition coefficient (Wildman–Crippen LogP) is 1.76. The van der Waals surface area contributed by atoms with Gasteiger partial charge in [-0.05, 0) is 29.8 Å². The lowest BCUT2D eigenvalue weighted by Gasteiger charge is -2.22. The van der Waals surface area contributed by atoms with Crippen LogP contribution in [0.2, 0.25) is 0 Å².